The molecule has 1 aromatic heterocycles. The molecule has 0 saturated carbocycles. The molecule has 0 bridgehead atoms. The van der Waals surface area contributed by atoms with E-state index < -0.39 is 0 Å². The Labute approximate surface area is 107 Å². The fourth-order valence-electron chi connectivity index (χ4n) is 2.18. The second kappa shape index (κ2) is 6.17. The fraction of sp³-hybridized carbons (Fsp3) is 0.615. The van der Waals surface area contributed by atoms with Gasteiger partial charge in [-0.15, -0.1) is 11.3 Å². The Bertz CT molecular complexity index is 365. The Morgan fingerprint density at radius 1 is 1.47 bits per heavy atom. The summed E-state index contributed by atoms with van der Waals surface area (Å²) in [7, 11) is 0. The summed E-state index contributed by atoms with van der Waals surface area (Å²) < 4.78 is 0. The molecule has 1 aliphatic carbocycles. The van der Waals surface area contributed by atoms with Gasteiger partial charge in [-0.1, -0.05) is 0 Å². The number of aryl methyl sites for hydroxylation is 2. The summed E-state index contributed by atoms with van der Waals surface area (Å²) in [5.41, 5.74) is 1.55. The Morgan fingerprint density at radius 3 is 3.12 bits per heavy atom. The van der Waals surface area contributed by atoms with Crippen LogP contribution in [0.3, 0.4) is 0 Å². The normalized spacial score (nSPS) is 13.7. The molecule has 0 unspecified atom stereocenters. The first-order valence-electron chi connectivity index (χ1n) is 6.37. The largest absolute Gasteiger partial charge is 0.356 e. The second-order valence-electron chi connectivity index (χ2n) is 4.39. The van der Waals surface area contributed by atoms with Gasteiger partial charge in [-0.25, -0.2) is 0 Å². The van der Waals surface area contributed by atoms with Gasteiger partial charge in [0.2, 0.25) is 5.91 Å². The molecule has 0 atom stereocenters. The Kier molecular flexibility index (Phi) is 4.57. The van der Waals surface area contributed by atoms with Gasteiger partial charge in [-0.3, -0.25) is 4.79 Å². The highest BCUT2D eigenvalue weighted by Gasteiger charge is 2.14. The topological polar surface area (TPSA) is 41.1 Å². The van der Waals surface area contributed by atoms with E-state index in [9.17, 15) is 4.79 Å². The van der Waals surface area contributed by atoms with Gasteiger partial charge in [-0.05, 0) is 37.8 Å². The number of carbonyl (C=O) groups excluding carboxylic acids is 1. The average Bonchev–Trinajstić information content (AvgIpc) is 2.85. The predicted octanol–water partition coefficient (Wildman–Crippen LogP) is 1.85. The summed E-state index contributed by atoms with van der Waals surface area (Å²) in [6.07, 6.45) is 4.41. The summed E-state index contributed by atoms with van der Waals surface area (Å²) in [6, 6.07) is 2.33. The zero-order valence-electron chi connectivity index (χ0n) is 10.3. The van der Waals surface area contributed by atoms with Crippen molar-refractivity contribution >= 4 is 17.2 Å². The molecule has 1 aliphatic rings. The van der Waals surface area contributed by atoms with Crippen molar-refractivity contribution < 1.29 is 4.79 Å². The van der Waals surface area contributed by atoms with E-state index in [1.54, 1.807) is 10.4 Å². The van der Waals surface area contributed by atoms with Crippen molar-refractivity contribution in [2.75, 3.05) is 13.1 Å². The summed E-state index contributed by atoms with van der Waals surface area (Å²) in [5, 5.41) is 6.13. The molecule has 17 heavy (non-hydrogen) atoms. The van der Waals surface area contributed by atoms with Gasteiger partial charge >= 0.3 is 0 Å². The average molecular weight is 252 g/mol. The number of hydrogen-bond donors (Lipinski definition) is 2. The third-order valence-electron chi connectivity index (χ3n) is 3.00. The fourth-order valence-corrected chi connectivity index (χ4v) is 3.41. The van der Waals surface area contributed by atoms with Crippen LogP contribution < -0.4 is 10.6 Å². The van der Waals surface area contributed by atoms with E-state index in [2.05, 4.69) is 16.7 Å². The van der Waals surface area contributed by atoms with Crippen molar-refractivity contribution in [3.63, 3.8) is 0 Å². The van der Waals surface area contributed by atoms with E-state index in [-0.39, 0.29) is 5.91 Å². The zero-order valence-corrected chi connectivity index (χ0v) is 11.2. The molecule has 0 aliphatic heterocycles. The Morgan fingerprint density at radius 2 is 2.35 bits per heavy atom. The van der Waals surface area contributed by atoms with Crippen LogP contribution >= 0.6 is 11.3 Å². The second-order valence-corrected chi connectivity index (χ2v) is 5.62. The van der Waals surface area contributed by atoms with Gasteiger partial charge in [0.1, 0.15) is 0 Å². The maximum atomic E-state index is 11.2. The van der Waals surface area contributed by atoms with Crippen molar-refractivity contribution in [1.82, 2.24) is 10.6 Å². The molecule has 94 valence electrons. The monoisotopic (exact) mass is 252 g/mol. The molecular formula is C13H20N2OS. The van der Waals surface area contributed by atoms with E-state index in [1.165, 1.54) is 24.1 Å². The summed E-state index contributed by atoms with van der Waals surface area (Å²) in [4.78, 5) is 14.2. The predicted molar refractivity (Wildman–Crippen MR) is 71.4 cm³/mol. The lowest BCUT2D eigenvalue weighted by molar-refractivity contribution is -0.120. The van der Waals surface area contributed by atoms with Gasteiger partial charge in [0.25, 0.3) is 0 Å². The highest BCUT2D eigenvalue weighted by Crippen LogP contribution is 2.30. The van der Waals surface area contributed by atoms with Crippen LogP contribution in [-0.4, -0.2) is 19.0 Å². The van der Waals surface area contributed by atoms with Crippen molar-refractivity contribution in [2.24, 2.45) is 0 Å². The lowest BCUT2D eigenvalue weighted by Crippen LogP contribution is -2.27. The SMILES string of the molecule is CCNC(=O)CCNCc1cc2c(s1)CCC2. The molecule has 1 amide bonds. The molecule has 0 aromatic carbocycles. The molecule has 4 heteroatoms. The van der Waals surface area contributed by atoms with Crippen LogP contribution in [0.25, 0.3) is 0 Å². The molecule has 1 aromatic rings. The van der Waals surface area contributed by atoms with Crippen LogP contribution in [0.2, 0.25) is 0 Å². The van der Waals surface area contributed by atoms with E-state index in [0.717, 1.165) is 19.6 Å². The molecule has 0 spiro atoms. The third-order valence-corrected chi connectivity index (χ3v) is 4.24. The summed E-state index contributed by atoms with van der Waals surface area (Å²) in [5.74, 6) is 0.133. The Hall–Kier alpha value is -0.870. The lowest BCUT2D eigenvalue weighted by Gasteiger charge is -2.03. The van der Waals surface area contributed by atoms with Gasteiger partial charge < -0.3 is 10.6 Å². The van der Waals surface area contributed by atoms with Crippen LogP contribution in [0, 0.1) is 0 Å². The first-order valence-corrected chi connectivity index (χ1v) is 7.19. The standard InChI is InChI=1S/C13H20N2OS/c1-2-15-13(16)6-7-14-9-11-8-10-4-3-5-12(10)17-11/h8,14H,2-7,9H2,1H3,(H,15,16). The number of hydrogen-bond acceptors (Lipinski definition) is 3. The number of rotatable bonds is 6. The number of nitrogens with one attached hydrogen (secondary N) is 2. The first kappa shape index (κ1) is 12.6. The van der Waals surface area contributed by atoms with Crippen LogP contribution in [0.15, 0.2) is 6.07 Å². The minimum Gasteiger partial charge on any atom is -0.356 e. The van der Waals surface area contributed by atoms with Crippen molar-refractivity contribution in [2.45, 2.75) is 39.2 Å². The van der Waals surface area contributed by atoms with Crippen molar-refractivity contribution in [3.05, 3.63) is 21.4 Å². The molecule has 1 heterocycles. The van der Waals surface area contributed by atoms with Crippen molar-refractivity contribution in [3.8, 4) is 0 Å². The molecular weight excluding hydrogens is 232 g/mol. The van der Waals surface area contributed by atoms with Gasteiger partial charge in [0.05, 0.1) is 0 Å². The van der Waals surface area contributed by atoms with Crippen LogP contribution in [0.5, 0.6) is 0 Å². The smallest absolute Gasteiger partial charge is 0.221 e. The number of fused-ring (bicyclic) bond motifs is 1. The first-order chi connectivity index (χ1) is 8.29. The lowest BCUT2D eigenvalue weighted by atomic mass is 10.2. The molecule has 2 N–H and O–H groups in total. The summed E-state index contributed by atoms with van der Waals surface area (Å²) >= 11 is 1.93. The molecule has 0 fully saturated rings. The van der Waals surface area contributed by atoms with Crippen LogP contribution in [0.1, 0.15) is 35.1 Å². The minimum absolute atomic E-state index is 0.133. The van der Waals surface area contributed by atoms with E-state index in [4.69, 9.17) is 0 Å². The van der Waals surface area contributed by atoms with Gasteiger partial charge in [0.15, 0.2) is 0 Å². The number of carbonyl (C=O) groups is 1. The third kappa shape index (κ3) is 3.54. The number of amides is 1. The van der Waals surface area contributed by atoms with Gasteiger partial charge in [-0.2, -0.15) is 0 Å². The molecule has 2 rings (SSSR count). The minimum atomic E-state index is 0.133. The quantitative estimate of drug-likeness (QED) is 0.759. The van der Waals surface area contributed by atoms with Crippen molar-refractivity contribution in [1.29, 1.82) is 0 Å². The van der Waals surface area contributed by atoms with E-state index in [1.807, 2.05) is 18.3 Å². The number of thiophene rings is 1. The van der Waals surface area contributed by atoms with Crippen LogP contribution in [-0.2, 0) is 24.2 Å². The maximum Gasteiger partial charge on any atom is 0.221 e. The zero-order chi connectivity index (χ0) is 12.1. The molecule has 3 nitrogen and oxygen atoms in total. The van der Waals surface area contributed by atoms with Crippen LogP contribution in [0.4, 0.5) is 0 Å². The highest BCUT2D eigenvalue weighted by molar-refractivity contribution is 7.12. The summed E-state index contributed by atoms with van der Waals surface area (Å²) in [6.45, 7) is 4.32. The van der Waals surface area contributed by atoms with E-state index >= 15 is 0 Å². The Balaban J connectivity index is 1.66. The van der Waals surface area contributed by atoms with E-state index in [0.29, 0.717) is 6.42 Å². The molecule has 0 saturated heterocycles. The van der Waals surface area contributed by atoms with Gasteiger partial charge in [0, 0.05) is 35.8 Å². The highest BCUT2D eigenvalue weighted by atomic mass is 32.1. The molecule has 0 radical (unpaired) electrons. The maximum absolute atomic E-state index is 11.2.